The van der Waals surface area contributed by atoms with Crippen LogP contribution in [0.1, 0.15) is 30.0 Å². The van der Waals surface area contributed by atoms with Crippen LogP contribution in [0.4, 0.5) is 22.0 Å². The number of hydrogen-bond acceptors (Lipinski definition) is 1. The molecule has 0 bridgehead atoms. The van der Waals surface area contributed by atoms with E-state index in [2.05, 4.69) is 6.92 Å². The maximum absolute atomic E-state index is 13.8. The molecule has 0 radical (unpaired) electrons. The molecule has 2 aromatic carbocycles. The van der Waals surface area contributed by atoms with Crippen molar-refractivity contribution in [3.63, 3.8) is 0 Å². The summed E-state index contributed by atoms with van der Waals surface area (Å²) < 4.78 is 68.9. The zero-order valence-corrected chi connectivity index (χ0v) is 13.4. The highest BCUT2D eigenvalue weighted by Gasteiger charge is 2.23. The molecule has 0 aromatic heterocycles. The zero-order chi connectivity index (χ0) is 18.4. The van der Waals surface area contributed by atoms with Crippen molar-refractivity contribution in [2.45, 2.75) is 32.5 Å². The molecule has 0 N–H and O–H groups in total. The zero-order valence-electron chi connectivity index (χ0n) is 13.4. The average molecular weight is 354 g/mol. The van der Waals surface area contributed by atoms with E-state index in [4.69, 9.17) is 4.74 Å². The summed E-state index contributed by atoms with van der Waals surface area (Å²) in [6.45, 7) is 2.15. The number of alkyl halides is 3. The molecule has 0 amide bonds. The SMILES string of the molecule is CCCc1ccc(COc2cc(F)c(C#CC(F)(F)F)c(F)c2)cc1. The summed E-state index contributed by atoms with van der Waals surface area (Å²) >= 11 is 0. The fourth-order valence-electron chi connectivity index (χ4n) is 2.14. The van der Waals surface area contributed by atoms with Crippen molar-refractivity contribution >= 4 is 0 Å². The molecule has 2 rings (SSSR count). The predicted octanol–water partition coefficient (Wildman–Crippen LogP) is 5.41. The lowest BCUT2D eigenvalue weighted by Gasteiger charge is -2.08. The summed E-state index contributed by atoms with van der Waals surface area (Å²) in [5.74, 6) is -0.226. The molecule has 0 fully saturated rings. The molecule has 0 saturated carbocycles. The van der Waals surface area contributed by atoms with Gasteiger partial charge in [0.15, 0.2) is 0 Å². The van der Waals surface area contributed by atoms with Crippen LogP contribution in [0.15, 0.2) is 36.4 Å². The Morgan fingerprint density at radius 2 is 1.52 bits per heavy atom. The van der Waals surface area contributed by atoms with Crippen LogP contribution in [0.5, 0.6) is 5.75 Å². The number of ether oxygens (including phenoxy) is 1. The van der Waals surface area contributed by atoms with Crippen LogP contribution in [0.25, 0.3) is 0 Å². The van der Waals surface area contributed by atoms with E-state index in [0.29, 0.717) is 0 Å². The topological polar surface area (TPSA) is 9.23 Å². The van der Waals surface area contributed by atoms with Crippen molar-refractivity contribution in [2.75, 3.05) is 0 Å². The number of aryl methyl sites for hydroxylation is 1. The van der Waals surface area contributed by atoms with E-state index in [1.54, 1.807) is 0 Å². The minimum atomic E-state index is -4.82. The molecule has 0 heterocycles. The molecule has 25 heavy (non-hydrogen) atoms. The van der Waals surface area contributed by atoms with Gasteiger partial charge in [-0.15, -0.1) is 0 Å². The van der Waals surface area contributed by atoms with Gasteiger partial charge in [0.2, 0.25) is 0 Å². The van der Waals surface area contributed by atoms with Gasteiger partial charge >= 0.3 is 6.18 Å². The standard InChI is InChI=1S/C19H15F5O/c1-2-3-13-4-6-14(7-5-13)12-25-15-10-17(20)16(18(21)11-15)8-9-19(22,23)24/h4-7,10-11H,2-3,12H2,1H3. The van der Waals surface area contributed by atoms with E-state index in [-0.39, 0.29) is 12.4 Å². The first-order chi connectivity index (χ1) is 11.8. The molecule has 1 nitrogen and oxygen atoms in total. The summed E-state index contributed by atoms with van der Waals surface area (Å²) in [7, 11) is 0. The largest absolute Gasteiger partial charge is 0.489 e. The van der Waals surface area contributed by atoms with Crippen LogP contribution < -0.4 is 4.74 Å². The van der Waals surface area contributed by atoms with Crippen LogP contribution in [0.3, 0.4) is 0 Å². The summed E-state index contributed by atoms with van der Waals surface area (Å²) in [5.41, 5.74) is 1.05. The van der Waals surface area contributed by atoms with Crippen molar-refractivity contribution in [3.8, 4) is 17.6 Å². The highest BCUT2D eigenvalue weighted by atomic mass is 19.4. The first kappa shape index (κ1) is 18.8. The fourth-order valence-corrected chi connectivity index (χ4v) is 2.14. The van der Waals surface area contributed by atoms with E-state index < -0.39 is 23.4 Å². The Bertz CT molecular complexity index is 759. The molecular formula is C19H15F5O. The maximum atomic E-state index is 13.8. The van der Waals surface area contributed by atoms with Gasteiger partial charge in [0.1, 0.15) is 24.0 Å². The number of halogens is 5. The Morgan fingerprint density at radius 3 is 2.04 bits per heavy atom. The van der Waals surface area contributed by atoms with Gasteiger partial charge in [-0.3, -0.25) is 0 Å². The van der Waals surface area contributed by atoms with Crippen molar-refractivity contribution in [1.29, 1.82) is 0 Å². The van der Waals surface area contributed by atoms with E-state index >= 15 is 0 Å². The monoisotopic (exact) mass is 354 g/mol. The van der Waals surface area contributed by atoms with Gasteiger partial charge in [-0.2, -0.15) is 13.2 Å². The Kier molecular flexibility index (Phi) is 6.02. The second kappa shape index (κ2) is 8.02. The Hall–Kier alpha value is -2.55. The highest BCUT2D eigenvalue weighted by Crippen LogP contribution is 2.22. The van der Waals surface area contributed by atoms with Crippen molar-refractivity contribution < 1.29 is 26.7 Å². The Labute approximate surface area is 142 Å². The summed E-state index contributed by atoms with van der Waals surface area (Å²) in [5, 5.41) is 0. The first-order valence-corrected chi connectivity index (χ1v) is 7.58. The van der Waals surface area contributed by atoms with E-state index in [0.717, 1.165) is 36.5 Å². The molecule has 0 unspecified atom stereocenters. The maximum Gasteiger partial charge on any atom is 0.458 e. The Balaban J connectivity index is 2.09. The second-order valence-electron chi connectivity index (χ2n) is 5.36. The molecule has 0 atom stereocenters. The normalized spacial score (nSPS) is 11.0. The fraction of sp³-hybridized carbons (Fsp3) is 0.263. The van der Waals surface area contributed by atoms with E-state index in [9.17, 15) is 22.0 Å². The van der Waals surface area contributed by atoms with E-state index in [1.807, 2.05) is 24.3 Å². The van der Waals surface area contributed by atoms with Gasteiger partial charge in [0, 0.05) is 18.1 Å². The number of rotatable bonds is 5. The first-order valence-electron chi connectivity index (χ1n) is 7.58. The smallest absolute Gasteiger partial charge is 0.458 e. The summed E-state index contributed by atoms with van der Waals surface area (Å²) in [6, 6.07) is 9.21. The van der Waals surface area contributed by atoms with Gasteiger partial charge in [0.25, 0.3) is 0 Å². The third-order valence-corrected chi connectivity index (χ3v) is 3.31. The third kappa shape index (κ3) is 5.79. The average Bonchev–Trinajstić information content (AvgIpc) is 2.52. The minimum Gasteiger partial charge on any atom is -0.489 e. The lowest BCUT2D eigenvalue weighted by atomic mass is 10.1. The van der Waals surface area contributed by atoms with E-state index in [1.165, 1.54) is 11.5 Å². The minimum absolute atomic E-state index is 0.0822. The number of hydrogen-bond donors (Lipinski definition) is 0. The van der Waals surface area contributed by atoms with Crippen LogP contribution >= 0.6 is 0 Å². The van der Waals surface area contributed by atoms with Gasteiger partial charge in [0.05, 0.1) is 5.56 Å². The molecule has 0 aliphatic carbocycles. The van der Waals surface area contributed by atoms with Gasteiger partial charge < -0.3 is 4.74 Å². The van der Waals surface area contributed by atoms with Crippen LogP contribution in [-0.2, 0) is 13.0 Å². The quantitative estimate of drug-likeness (QED) is 0.515. The molecule has 0 aliphatic rings. The van der Waals surface area contributed by atoms with Crippen molar-refractivity contribution in [1.82, 2.24) is 0 Å². The molecule has 2 aromatic rings. The molecule has 132 valence electrons. The molecule has 0 aliphatic heterocycles. The highest BCUT2D eigenvalue weighted by molar-refractivity contribution is 5.41. The predicted molar refractivity (Wildman–Crippen MR) is 84.1 cm³/mol. The van der Waals surface area contributed by atoms with Gasteiger partial charge in [-0.1, -0.05) is 43.5 Å². The molecule has 0 spiro atoms. The molecule has 6 heteroatoms. The van der Waals surface area contributed by atoms with Crippen molar-refractivity contribution in [2.24, 2.45) is 0 Å². The van der Waals surface area contributed by atoms with Gasteiger partial charge in [-0.05, 0) is 17.5 Å². The summed E-state index contributed by atoms with van der Waals surface area (Å²) in [4.78, 5) is 0. The van der Waals surface area contributed by atoms with Crippen LogP contribution in [0, 0.1) is 23.5 Å². The van der Waals surface area contributed by atoms with Gasteiger partial charge in [-0.25, -0.2) is 8.78 Å². The third-order valence-electron chi connectivity index (χ3n) is 3.31. The lowest BCUT2D eigenvalue weighted by Crippen LogP contribution is -2.03. The molecule has 0 saturated heterocycles. The molecular weight excluding hydrogens is 339 g/mol. The Morgan fingerprint density at radius 1 is 0.960 bits per heavy atom. The summed E-state index contributed by atoms with van der Waals surface area (Å²) in [6.07, 6.45) is -2.84. The lowest BCUT2D eigenvalue weighted by molar-refractivity contribution is -0.0696. The van der Waals surface area contributed by atoms with Crippen LogP contribution in [0.2, 0.25) is 0 Å². The van der Waals surface area contributed by atoms with Crippen LogP contribution in [-0.4, -0.2) is 6.18 Å². The number of benzene rings is 2. The second-order valence-corrected chi connectivity index (χ2v) is 5.36. The van der Waals surface area contributed by atoms with Crippen molar-refractivity contribution in [3.05, 3.63) is 64.7 Å².